The van der Waals surface area contributed by atoms with Crippen LogP contribution in [0.5, 0.6) is 0 Å². The summed E-state index contributed by atoms with van der Waals surface area (Å²) in [6.45, 7) is 11.1. The van der Waals surface area contributed by atoms with E-state index in [1.807, 2.05) is 24.0 Å². The highest BCUT2D eigenvalue weighted by Gasteiger charge is 2.36. The van der Waals surface area contributed by atoms with Gasteiger partial charge in [0.1, 0.15) is 5.69 Å². The smallest absolute Gasteiger partial charge is 0.338 e. The molecule has 5 heterocycles. The molecule has 1 aliphatic heterocycles. The standard InChI is InChI=1S/C30H38ClN9O3/c1-5-33-29(41)38-14-18(3)40(19(4)15-38)28-35-23-11-24(27-36-30(42)43-37-27)34-25(21-10-22(31)13-32-12-21)26(23)39(28)16-20-8-6-17(2)7-9-20/h10-13,17-20H,5-9,14-16H2,1-4H3,(H,33,41)(H,36,37,42). The van der Waals surface area contributed by atoms with Crippen molar-refractivity contribution in [2.24, 2.45) is 11.8 Å². The Morgan fingerprint density at radius 2 is 1.84 bits per heavy atom. The van der Waals surface area contributed by atoms with Gasteiger partial charge in [0.05, 0.1) is 21.7 Å². The summed E-state index contributed by atoms with van der Waals surface area (Å²) in [6.07, 6.45) is 8.03. The Hall–Kier alpha value is -3.93. The Labute approximate surface area is 254 Å². The minimum absolute atomic E-state index is 0.0175. The number of pyridine rings is 2. The van der Waals surface area contributed by atoms with Crippen LogP contribution < -0.4 is 16.0 Å². The largest absolute Gasteiger partial charge is 0.439 e. The Kier molecular flexibility index (Phi) is 8.13. The average molecular weight is 608 g/mol. The first kappa shape index (κ1) is 29.2. The average Bonchev–Trinajstić information content (AvgIpc) is 3.57. The number of anilines is 1. The summed E-state index contributed by atoms with van der Waals surface area (Å²) in [5, 5.41) is 7.32. The van der Waals surface area contributed by atoms with Crippen molar-refractivity contribution in [2.75, 3.05) is 24.5 Å². The van der Waals surface area contributed by atoms with Crippen LogP contribution in [0.4, 0.5) is 10.7 Å². The topological polar surface area (TPSA) is 138 Å². The molecule has 43 heavy (non-hydrogen) atoms. The third-order valence-electron chi connectivity index (χ3n) is 8.71. The zero-order valence-electron chi connectivity index (χ0n) is 25.0. The van der Waals surface area contributed by atoms with Crippen molar-refractivity contribution in [3.05, 3.63) is 40.1 Å². The fraction of sp³-hybridized carbons (Fsp3) is 0.533. The molecule has 1 saturated heterocycles. The summed E-state index contributed by atoms with van der Waals surface area (Å²) in [7, 11) is 0. The molecular weight excluding hydrogens is 570 g/mol. The predicted octanol–water partition coefficient (Wildman–Crippen LogP) is 4.94. The van der Waals surface area contributed by atoms with Crippen LogP contribution in [0, 0.1) is 11.8 Å². The van der Waals surface area contributed by atoms with Crippen molar-refractivity contribution >= 4 is 34.6 Å². The van der Waals surface area contributed by atoms with Crippen molar-refractivity contribution in [2.45, 2.75) is 72.0 Å². The third kappa shape index (κ3) is 5.84. The van der Waals surface area contributed by atoms with Crippen LogP contribution in [0.25, 0.3) is 33.8 Å². The fourth-order valence-corrected chi connectivity index (χ4v) is 6.81. The van der Waals surface area contributed by atoms with Gasteiger partial charge in [-0.25, -0.2) is 19.6 Å². The van der Waals surface area contributed by atoms with Crippen LogP contribution in [0.15, 0.2) is 33.8 Å². The zero-order chi connectivity index (χ0) is 30.2. The van der Waals surface area contributed by atoms with Gasteiger partial charge in [0.15, 0.2) is 0 Å². The first-order valence-electron chi connectivity index (χ1n) is 15.1. The van der Waals surface area contributed by atoms with Gasteiger partial charge in [0.25, 0.3) is 0 Å². The van der Waals surface area contributed by atoms with E-state index in [-0.39, 0.29) is 23.9 Å². The number of rotatable bonds is 6. The van der Waals surface area contributed by atoms with Crippen molar-refractivity contribution in [1.82, 2.24) is 39.9 Å². The van der Waals surface area contributed by atoms with Crippen molar-refractivity contribution < 1.29 is 9.32 Å². The van der Waals surface area contributed by atoms with Gasteiger partial charge in [-0.2, -0.15) is 0 Å². The maximum absolute atomic E-state index is 12.7. The summed E-state index contributed by atoms with van der Waals surface area (Å²) >= 11 is 6.41. The number of halogens is 1. The van der Waals surface area contributed by atoms with E-state index < -0.39 is 5.76 Å². The number of piperazine rings is 1. The lowest BCUT2D eigenvalue weighted by Crippen LogP contribution is -2.60. The molecule has 0 spiro atoms. The number of carbonyl (C=O) groups excluding carboxylic acids is 1. The molecule has 2 atom stereocenters. The van der Waals surface area contributed by atoms with E-state index in [0.717, 1.165) is 42.3 Å². The molecule has 12 nitrogen and oxygen atoms in total. The highest BCUT2D eigenvalue weighted by Crippen LogP contribution is 2.38. The number of aromatic amines is 1. The lowest BCUT2D eigenvalue weighted by Gasteiger charge is -2.45. The van der Waals surface area contributed by atoms with Crippen LogP contribution >= 0.6 is 11.6 Å². The summed E-state index contributed by atoms with van der Waals surface area (Å²) in [6, 6.07) is 3.67. The highest BCUT2D eigenvalue weighted by atomic mass is 35.5. The second-order valence-corrected chi connectivity index (χ2v) is 12.5. The molecule has 2 unspecified atom stereocenters. The minimum Gasteiger partial charge on any atom is -0.338 e. The molecule has 0 bridgehead atoms. The number of nitrogens with zero attached hydrogens (tertiary/aromatic N) is 7. The number of amides is 2. The molecule has 2 amide bonds. The van der Waals surface area contributed by atoms with Gasteiger partial charge in [-0.1, -0.05) is 36.5 Å². The molecule has 2 N–H and O–H groups in total. The van der Waals surface area contributed by atoms with Crippen molar-refractivity contribution in [3.8, 4) is 22.8 Å². The van der Waals surface area contributed by atoms with Crippen molar-refractivity contribution in [3.63, 3.8) is 0 Å². The number of hydrogen-bond donors (Lipinski definition) is 2. The zero-order valence-corrected chi connectivity index (χ0v) is 25.8. The number of imidazole rings is 1. The molecule has 2 fully saturated rings. The quantitative estimate of drug-likeness (QED) is 0.314. The van der Waals surface area contributed by atoms with E-state index in [0.29, 0.717) is 47.5 Å². The van der Waals surface area contributed by atoms with E-state index in [1.165, 1.54) is 12.8 Å². The van der Waals surface area contributed by atoms with Gasteiger partial charge in [0, 0.05) is 56.2 Å². The summed E-state index contributed by atoms with van der Waals surface area (Å²) in [4.78, 5) is 46.0. The lowest BCUT2D eigenvalue weighted by atomic mass is 9.83. The van der Waals surface area contributed by atoms with Crippen LogP contribution in [0.1, 0.15) is 53.4 Å². The Morgan fingerprint density at radius 1 is 1.09 bits per heavy atom. The first-order valence-corrected chi connectivity index (χ1v) is 15.5. The second kappa shape index (κ2) is 12.0. The molecule has 4 aromatic heterocycles. The fourth-order valence-electron chi connectivity index (χ4n) is 6.63. The molecular formula is C30H38ClN9O3. The number of hydrogen-bond acceptors (Lipinski definition) is 8. The normalized spacial score (nSPS) is 22.7. The maximum Gasteiger partial charge on any atom is 0.439 e. The van der Waals surface area contributed by atoms with E-state index in [4.69, 9.17) is 26.1 Å². The molecule has 228 valence electrons. The van der Waals surface area contributed by atoms with Crippen LogP contribution in [-0.4, -0.2) is 72.3 Å². The Bertz CT molecular complexity index is 1660. The minimum atomic E-state index is -0.659. The van der Waals surface area contributed by atoms with Gasteiger partial charge in [-0.15, -0.1) is 0 Å². The second-order valence-electron chi connectivity index (χ2n) is 12.1. The molecule has 13 heteroatoms. The van der Waals surface area contributed by atoms with Gasteiger partial charge in [-0.05, 0) is 57.6 Å². The van der Waals surface area contributed by atoms with Gasteiger partial charge < -0.3 is 19.7 Å². The number of fused-ring (bicyclic) bond motifs is 1. The third-order valence-corrected chi connectivity index (χ3v) is 8.91. The van der Waals surface area contributed by atoms with E-state index in [9.17, 15) is 9.59 Å². The number of H-pyrrole nitrogens is 1. The summed E-state index contributed by atoms with van der Waals surface area (Å²) in [5.74, 6) is 1.63. The number of nitrogens with one attached hydrogen (secondary N) is 2. The Morgan fingerprint density at radius 3 is 2.49 bits per heavy atom. The van der Waals surface area contributed by atoms with Crippen LogP contribution in [0.2, 0.25) is 5.02 Å². The van der Waals surface area contributed by atoms with E-state index >= 15 is 0 Å². The highest BCUT2D eigenvalue weighted by molar-refractivity contribution is 6.30. The lowest BCUT2D eigenvalue weighted by molar-refractivity contribution is 0.176. The molecule has 0 aromatic carbocycles. The number of urea groups is 1. The summed E-state index contributed by atoms with van der Waals surface area (Å²) in [5.41, 5.74) is 3.40. The molecule has 1 aliphatic carbocycles. The first-order chi connectivity index (χ1) is 20.7. The van der Waals surface area contributed by atoms with Gasteiger partial charge >= 0.3 is 11.8 Å². The van der Waals surface area contributed by atoms with Crippen LogP contribution in [0.3, 0.4) is 0 Å². The molecule has 4 aromatic rings. The van der Waals surface area contributed by atoms with Gasteiger partial charge in [0.2, 0.25) is 11.8 Å². The molecule has 2 aliphatic rings. The SMILES string of the molecule is CCNC(=O)N1CC(C)N(c2nc3cc(-c4noc(=O)[nH]4)nc(-c4cncc(Cl)c4)c3n2CC2CCC(C)CC2)C(C)C1. The van der Waals surface area contributed by atoms with Crippen molar-refractivity contribution in [1.29, 1.82) is 0 Å². The number of aromatic nitrogens is 6. The monoisotopic (exact) mass is 607 g/mol. The maximum atomic E-state index is 12.7. The summed E-state index contributed by atoms with van der Waals surface area (Å²) < 4.78 is 7.11. The number of carbonyl (C=O) groups is 1. The molecule has 1 saturated carbocycles. The van der Waals surface area contributed by atoms with E-state index in [1.54, 1.807) is 12.4 Å². The molecule has 0 radical (unpaired) electrons. The van der Waals surface area contributed by atoms with E-state index in [2.05, 4.69) is 50.7 Å². The Balaban J connectivity index is 1.53. The molecule has 6 rings (SSSR count). The van der Waals surface area contributed by atoms with Crippen LogP contribution in [-0.2, 0) is 6.54 Å². The van der Waals surface area contributed by atoms with Gasteiger partial charge in [-0.3, -0.25) is 14.5 Å². The predicted molar refractivity (Wildman–Crippen MR) is 165 cm³/mol.